The first-order valence-electron chi connectivity index (χ1n) is 6.86. The first kappa shape index (κ1) is 14.7. The number of anilines is 1. The predicted octanol–water partition coefficient (Wildman–Crippen LogP) is 3.55. The molecule has 1 atom stereocenters. The van der Waals surface area contributed by atoms with Crippen molar-refractivity contribution in [1.29, 1.82) is 0 Å². The molecule has 1 fully saturated rings. The van der Waals surface area contributed by atoms with E-state index in [4.69, 9.17) is 4.74 Å². The molecular formula is C15H23BrN2O. The van der Waals surface area contributed by atoms with Crippen LogP contribution in [0.15, 0.2) is 4.47 Å². The van der Waals surface area contributed by atoms with Gasteiger partial charge < -0.3 is 15.4 Å². The fourth-order valence-corrected chi connectivity index (χ4v) is 3.20. The van der Waals surface area contributed by atoms with Crippen LogP contribution in [0.1, 0.15) is 29.5 Å². The molecule has 1 aliphatic rings. The summed E-state index contributed by atoms with van der Waals surface area (Å²) in [5.41, 5.74) is 4.78. The van der Waals surface area contributed by atoms with E-state index in [9.17, 15) is 0 Å². The minimum atomic E-state index is 0.574. The van der Waals surface area contributed by atoms with Crippen LogP contribution >= 0.6 is 15.9 Å². The van der Waals surface area contributed by atoms with Gasteiger partial charge in [-0.2, -0.15) is 0 Å². The first-order valence-corrected chi connectivity index (χ1v) is 7.66. The lowest BCUT2D eigenvalue weighted by Gasteiger charge is -2.21. The molecular weight excluding hydrogens is 304 g/mol. The molecule has 0 amide bonds. The normalized spacial score (nSPS) is 18.7. The third kappa shape index (κ3) is 2.90. The van der Waals surface area contributed by atoms with Crippen LogP contribution in [0.5, 0.6) is 5.75 Å². The summed E-state index contributed by atoms with van der Waals surface area (Å²) in [7, 11) is 1.74. The summed E-state index contributed by atoms with van der Waals surface area (Å²) >= 11 is 3.69. The van der Waals surface area contributed by atoms with Gasteiger partial charge in [-0.15, -0.1) is 0 Å². The quantitative estimate of drug-likeness (QED) is 0.887. The molecule has 106 valence electrons. The number of halogens is 1. The number of benzene rings is 1. The van der Waals surface area contributed by atoms with Crippen LogP contribution in [0.25, 0.3) is 0 Å². The van der Waals surface area contributed by atoms with Crippen molar-refractivity contribution in [3.8, 4) is 5.75 Å². The SMILES string of the molecule is COc1c(C)c(C)c(Br)c(C)c1NCC1CCCN1. The molecule has 3 nitrogen and oxygen atoms in total. The zero-order chi connectivity index (χ0) is 14.0. The van der Waals surface area contributed by atoms with E-state index in [1.54, 1.807) is 7.11 Å². The summed E-state index contributed by atoms with van der Waals surface area (Å²) < 4.78 is 6.78. The van der Waals surface area contributed by atoms with E-state index in [-0.39, 0.29) is 0 Å². The first-order chi connectivity index (χ1) is 9.06. The third-order valence-electron chi connectivity index (χ3n) is 4.06. The molecule has 0 spiro atoms. The zero-order valence-electron chi connectivity index (χ0n) is 12.2. The number of nitrogens with one attached hydrogen (secondary N) is 2. The van der Waals surface area contributed by atoms with Crippen molar-refractivity contribution in [2.45, 2.75) is 39.7 Å². The van der Waals surface area contributed by atoms with Gasteiger partial charge in [0.1, 0.15) is 5.75 Å². The Hall–Kier alpha value is -0.740. The Labute approximate surface area is 124 Å². The number of ether oxygens (including phenoxy) is 1. The van der Waals surface area contributed by atoms with Crippen LogP contribution in [0.2, 0.25) is 0 Å². The average molecular weight is 327 g/mol. The molecule has 2 N–H and O–H groups in total. The topological polar surface area (TPSA) is 33.3 Å². The molecule has 0 bridgehead atoms. The van der Waals surface area contributed by atoms with E-state index in [1.165, 1.54) is 34.0 Å². The Morgan fingerprint density at radius 3 is 2.58 bits per heavy atom. The molecule has 0 aromatic heterocycles. The van der Waals surface area contributed by atoms with Crippen LogP contribution in [-0.4, -0.2) is 26.2 Å². The predicted molar refractivity (Wildman–Crippen MR) is 84.4 cm³/mol. The summed E-state index contributed by atoms with van der Waals surface area (Å²) in [5.74, 6) is 0.969. The highest BCUT2D eigenvalue weighted by atomic mass is 79.9. The van der Waals surface area contributed by atoms with Gasteiger partial charge in [0.25, 0.3) is 0 Å². The molecule has 1 saturated heterocycles. The lowest BCUT2D eigenvalue weighted by molar-refractivity contribution is 0.412. The molecule has 19 heavy (non-hydrogen) atoms. The third-order valence-corrected chi connectivity index (χ3v) is 5.24. The Kier molecular flexibility index (Phi) is 4.74. The molecule has 0 saturated carbocycles. The molecule has 0 radical (unpaired) electrons. The Morgan fingerprint density at radius 2 is 2.00 bits per heavy atom. The van der Waals surface area contributed by atoms with E-state index in [1.807, 2.05) is 0 Å². The number of hydrogen-bond donors (Lipinski definition) is 2. The van der Waals surface area contributed by atoms with Crippen LogP contribution < -0.4 is 15.4 Å². The maximum absolute atomic E-state index is 5.60. The van der Waals surface area contributed by atoms with Crippen LogP contribution in [0.4, 0.5) is 5.69 Å². The smallest absolute Gasteiger partial charge is 0.145 e. The molecule has 0 aliphatic carbocycles. The van der Waals surface area contributed by atoms with Gasteiger partial charge in [-0.25, -0.2) is 0 Å². The summed E-state index contributed by atoms with van der Waals surface area (Å²) in [6.45, 7) is 8.45. The lowest BCUT2D eigenvalue weighted by atomic mass is 10.0. The van der Waals surface area contributed by atoms with Gasteiger partial charge in [-0.05, 0) is 56.8 Å². The summed E-state index contributed by atoms with van der Waals surface area (Å²) in [4.78, 5) is 0. The minimum Gasteiger partial charge on any atom is -0.494 e. The Balaban J connectivity index is 2.27. The summed E-state index contributed by atoms with van der Waals surface area (Å²) in [6.07, 6.45) is 2.53. The van der Waals surface area contributed by atoms with Gasteiger partial charge in [0.15, 0.2) is 0 Å². The van der Waals surface area contributed by atoms with Crippen molar-refractivity contribution in [1.82, 2.24) is 5.32 Å². The number of rotatable bonds is 4. The molecule has 1 aliphatic heterocycles. The minimum absolute atomic E-state index is 0.574. The monoisotopic (exact) mass is 326 g/mol. The van der Waals surface area contributed by atoms with E-state index in [0.717, 1.165) is 24.5 Å². The second-order valence-corrected chi connectivity index (χ2v) is 6.06. The summed E-state index contributed by atoms with van der Waals surface area (Å²) in [5, 5.41) is 7.08. The maximum Gasteiger partial charge on any atom is 0.145 e. The van der Waals surface area contributed by atoms with Gasteiger partial charge in [0, 0.05) is 17.1 Å². The lowest BCUT2D eigenvalue weighted by Crippen LogP contribution is -2.29. The summed E-state index contributed by atoms with van der Waals surface area (Å²) in [6, 6.07) is 0.574. The van der Waals surface area contributed by atoms with Gasteiger partial charge >= 0.3 is 0 Å². The van der Waals surface area contributed by atoms with Crippen LogP contribution in [0.3, 0.4) is 0 Å². The molecule has 2 rings (SSSR count). The largest absolute Gasteiger partial charge is 0.494 e. The van der Waals surface area contributed by atoms with E-state index in [2.05, 4.69) is 47.3 Å². The standard InChI is InChI=1S/C15H23BrN2O/c1-9-10(2)15(19-4)14(11(3)13(9)16)18-8-12-6-5-7-17-12/h12,17-18H,5-8H2,1-4H3. The maximum atomic E-state index is 5.60. The Morgan fingerprint density at radius 1 is 1.26 bits per heavy atom. The van der Waals surface area contributed by atoms with E-state index >= 15 is 0 Å². The second kappa shape index (κ2) is 6.14. The molecule has 4 heteroatoms. The van der Waals surface area contributed by atoms with Gasteiger partial charge in [-0.1, -0.05) is 15.9 Å². The fraction of sp³-hybridized carbons (Fsp3) is 0.600. The molecule has 1 heterocycles. The molecule has 1 unspecified atom stereocenters. The number of methoxy groups -OCH3 is 1. The second-order valence-electron chi connectivity index (χ2n) is 5.27. The highest BCUT2D eigenvalue weighted by molar-refractivity contribution is 9.10. The van der Waals surface area contributed by atoms with E-state index < -0.39 is 0 Å². The van der Waals surface area contributed by atoms with Crippen molar-refractivity contribution >= 4 is 21.6 Å². The fourth-order valence-electron chi connectivity index (χ4n) is 2.71. The van der Waals surface area contributed by atoms with Crippen molar-refractivity contribution in [2.75, 3.05) is 25.5 Å². The van der Waals surface area contributed by atoms with Gasteiger partial charge in [0.05, 0.1) is 12.8 Å². The average Bonchev–Trinajstić information content (AvgIpc) is 2.92. The van der Waals surface area contributed by atoms with Gasteiger partial charge in [0.2, 0.25) is 0 Å². The van der Waals surface area contributed by atoms with Crippen LogP contribution in [-0.2, 0) is 0 Å². The van der Waals surface area contributed by atoms with Gasteiger partial charge in [-0.3, -0.25) is 0 Å². The van der Waals surface area contributed by atoms with Crippen molar-refractivity contribution < 1.29 is 4.74 Å². The molecule has 1 aromatic rings. The van der Waals surface area contributed by atoms with Crippen LogP contribution in [0, 0.1) is 20.8 Å². The van der Waals surface area contributed by atoms with E-state index in [0.29, 0.717) is 6.04 Å². The van der Waals surface area contributed by atoms with Crippen molar-refractivity contribution in [3.05, 3.63) is 21.2 Å². The highest BCUT2D eigenvalue weighted by Crippen LogP contribution is 2.39. The van der Waals surface area contributed by atoms with Crippen molar-refractivity contribution in [2.24, 2.45) is 0 Å². The Bertz CT molecular complexity index is 468. The molecule has 1 aromatic carbocycles. The van der Waals surface area contributed by atoms with Crippen molar-refractivity contribution in [3.63, 3.8) is 0 Å². The zero-order valence-corrected chi connectivity index (χ0v) is 13.8. The number of hydrogen-bond acceptors (Lipinski definition) is 3. The highest BCUT2D eigenvalue weighted by Gasteiger charge is 2.19.